The molecular formula is C14H20N4S. The lowest BCUT2D eigenvalue weighted by Crippen LogP contribution is -2.42. The van der Waals surface area contributed by atoms with Crippen LogP contribution in [-0.4, -0.2) is 40.0 Å². The van der Waals surface area contributed by atoms with E-state index in [0.717, 1.165) is 5.69 Å². The molecule has 3 N–H and O–H groups in total. The van der Waals surface area contributed by atoms with E-state index in [4.69, 9.17) is 18.0 Å². The van der Waals surface area contributed by atoms with Crippen molar-refractivity contribution in [1.29, 1.82) is 0 Å². The summed E-state index contributed by atoms with van der Waals surface area (Å²) in [6.07, 6.45) is 6.90. The third kappa shape index (κ3) is 2.58. The maximum Gasteiger partial charge on any atom is 0.124 e. The highest BCUT2D eigenvalue weighted by Gasteiger charge is 2.35. The van der Waals surface area contributed by atoms with Crippen LogP contribution < -0.4 is 11.1 Å². The second-order valence-electron chi connectivity index (χ2n) is 5.40. The van der Waals surface area contributed by atoms with Crippen LogP contribution in [0.3, 0.4) is 0 Å². The van der Waals surface area contributed by atoms with Crippen molar-refractivity contribution >= 4 is 22.9 Å². The van der Waals surface area contributed by atoms with Crippen molar-refractivity contribution in [2.24, 2.45) is 5.73 Å². The first-order chi connectivity index (χ1) is 9.25. The van der Waals surface area contributed by atoms with Crippen LogP contribution in [0.4, 0.5) is 5.69 Å². The monoisotopic (exact) mass is 276 g/mol. The molecule has 3 rings (SSSR count). The summed E-state index contributed by atoms with van der Waals surface area (Å²) in [4.78, 5) is 7.25. The number of nitrogens with two attached hydrogens (primary N) is 1. The van der Waals surface area contributed by atoms with Crippen LogP contribution in [0, 0.1) is 0 Å². The van der Waals surface area contributed by atoms with Gasteiger partial charge in [-0.2, -0.15) is 0 Å². The molecule has 0 bridgehead atoms. The van der Waals surface area contributed by atoms with E-state index in [1.165, 1.54) is 38.8 Å². The van der Waals surface area contributed by atoms with Gasteiger partial charge in [0.25, 0.3) is 0 Å². The zero-order valence-electron chi connectivity index (χ0n) is 11.0. The second-order valence-corrected chi connectivity index (χ2v) is 5.84. The Bertz CT molecular complexity index is 476. The van der Waals surface area contributed by atoms with Crippen molar-refractivity contribution in [3.8, 4) is 0 Å². The van der Waals surface area contributed by atoms with Crippen LogP contribution in [-0.2, 0) is 0 Å². The molecule has 0 amide bonds. The molecular weight excluding hydrogens is 256 g/mol. The van der Waals surface area contributed by atoms with E-state index in [-0.39, 0.29) is 0 Å². The summed E-state index contributed by atoms with van der Waals surface area (Å²) >= 11 is 5.07. The average Bonchev–Trinajstić information content (AvgIpc) is 2.83. The van der Waals surface area contributed by atoms with E-state index in [9.17, 15) is 0 Å². The molecule has 3 heterocycles. The summed E-state index contributed by atoms with van der Waals surface area (Å²) in [6.45, 7) is 2.45. The Morgan fingerprint density at radius 2 is 2.26 bits per heavy atom. The van der Waals surface area contributed by atoms with E-state index >= 15 is 0 Å². The molecule has 2 saturated heterocycles. The fourth-order valence-corrected chi connectivity index (χ4v) is 3.50. The number of nitrogens with one attached hydrogen (secondary N) is 1. The lowest BCUT2D eigenvalue weighted by molar-refractivity contribution is 0.193. The van der Waals surface area contributed by atoms with E-state index in [1.54, 1.807) is 6.20 Å². The van der Waals surface area contributed by atoms with Gasteiger partial charge >= 0.3 is 0 Å². The highest BCUT2D eigenvalue weighted by molar-refractivity contribution is 7.80. The predicted molar refractivity (Wildman–Crippen MR) is 81.4 cm³/mol. The van der Waals surface area contributed by atoms with Gasteiger partial charge in [-0.15, -0.1) is 0 Å². The van der Waals surface area contributed by atoms with Crippen molar-refractivity contribution in [1.82, 2.24) is 9.88 Å². The molecule has 2 atom stereocenters. The molecule has 0 aliphatic carbocycles. The van der Waals surface area contributed by atoms with Gasteiger partial charge < -0.3 is 11.1 Å². The minimum atomic E-state index is 0.363. The highest BCUT2D eigenvalue weighted by atomic mass is 32.1. The van der Waals surface area contributed by atoms with Gasteiger partial charge in [-0.1, -0.05) is 18.6 Å². The van der Waals surface area contributed by atoms with Crippen LogP contribution >= 0.6 is 12.2 Å². The minimum absolute atomic E-state index is 0.363. The van der Waals surface area contributed by atoms with Crippen molar-refractivity contribution < 1.29 is 0 Å². The second kappa shape index (κ2) is 5.43. The normalized spacial score (nSPS) is 26.9. The Labute approximate surface area is 119 Å². The molecule has 2 fully saturated rings. The number of hydrogen-bond donors (Lipinski definition) is 2. The molecule has 4 nitrogen and oxygen atoms in total. The molecule has 1 aromatic heterocycles. The number of rotatable bonds is 3. The van der Waals surface area contributed by atoms with Gasteiger partial charge in [0.15, 0.2) is 0 Å². The van der Waals surface area contributed by atoms with Gasteiger partial charge in [0, 0.05) is 24.8 Å². The van der Waals surface area contributed by atoms with Gasteiger partial charge in [-0.25, -0.2) is 0 Å². The number of pyridine rings is 1. The predicted octanol–water partition coefficient (Wildman–Crippen LogP) is 1.75. The number of piperidine rings is 1. The van der Waals surface area contributed by atoms with Gasteiger partial charge in [-0.3, -0.25) is 9.88 Å². The third-order valence-corrected chi connectivity index (χ3v) is 4.43. The standard InChI is InChI=1S/C14H20N4S/c15-14(19)13-11(4-3-7-16-13)17-10-6-9-18-8-2-1-5-12(10)18/h3-4,7,10,12,17H,1-2,5-6,8-9H2,(H2,15,19). The molecule has 19 heavy (non-hydrogen) atoms. The first-order valence-corrected chi connectivity index (χ1v) is 7.42. The number of nitrogens with zero attached hydrogens (tertiary/aromatic N) is 2. The van der Waals surface area contributed by atoms with Crippen LogP contribution in [0.5, 0.6) is 0 Å². The molecule has 2 aliphatic heterocycles. The van der Waals surface area contributed by atoms with Crippen LogP contribution in [0.2, 0.25) is 0 Å². The zero-order valence-corrected chi connectivity index (χ0v) is 11.8. The summed E-state index contributed by atoms with van der Waals surface area (Å²) in [6, 6.07) is 5.11. The molecule has 5 heteroatoms. The quantitative estimate of drug-likeness (QED) is 0.824. The van der Waals surface area contributed by atoms with Gasteiger partial charge in [0.05, 0.1) is 5.69 Å². The van der Waals surface area contributed by atoms with E-state index < -0.39 is 0 Å². The van der Waals surface area contributed by atoms with Gasteiger partial charge in [-0.05, 0) is 37.9 Å². The highest BCUT2D eigenvalue weighted by Crippen LogP contribution is 2.29. The number of hydrogen-bond acceptors (Lipinski definition) is 4. The first-order valence-electron chi connectivity index (χ1n) is 7.01. The first kappa shape index (κ1) is 12.8. The number of fused-ring (bicyclic) bond motifs is 1. The number of anilines is 1. The summed E-state index contributed by atoms with van der Waals surface area (Å²) in [5.41, 5.74) is 7.43. The number of thiocarbonyl (C=S) groups is 1. The Morgan fingerprint density at radius 3 is 3.11 bits per heavy atom. The van der Waals surface area contributed by atoms with Gasteiger partial charge in [0.1, 0.15) is 10.7 Å². The van der Waals surface area contributed by atoms with Crippen molar-refractivity contribution in [3.63, 3.8) is 0 Å². The summed E-state index contributed by atoms with van der Waals surface area (Å²) in [5.74, 6) is 0. The molecule has 102 valence electrons. The van der Waals surface area contributed by atoms with Crippen LogP contribution in [0.25, 0.3) is 0 Å². The van der Waals surface area contributed by atoms with Gasteiger partial charge in [0.2, 0.25) is 0 Å². The average molecular weight is 276 g/mol. The van der Waals surface area contributed by atoms with Crippen LogP contribution in [0.15, 0.2) is 18.3 Å². The maximum absolute atomic E-state index is 5.74. The molecule has 1 aromatic rings. The molecule has 0 saturated carbocycles. The summed E-state index contributed by atoms with van der Waals surface area (Å²) < 4.78 is 0. The largest absolute Gasteiger partial charge is 0.388 e. The van der Waals surface area contributed by atoms with E-state index in [1.807, 2.05) is 12.1 Å². The molecule has 0 spiro atoms. The van der Waals surface area contributed by atoms with Crippen molar-refractivity contribution in [2.75, 3.05) is 18.4 Å². The Balaban J connectivity index is 1.76. The molecule has 2 unspecified atom stereocenters. The zero-order chi connectivity index (χ0) is 13.2. The lowest BCUT2D eigenvalue weighted by Gasteiger charge is -2.33. The fourth-order valence-electron chi connectivity index (χ4n) is 3.33. The molecule has 2 aliphatic rings. The maximum atomic E-state index is 5.74. The Hall–Kier alpha value is -1.20. The van der Waals surface area contributed by atoms with E-state index in [2.05, 4.69) is 15.2 Å². The third-order valence-electron chi connectivity index (χ3n) is 4.24. The summed E-state index contributed by atoms with van der Waals surface area (Å²) in [7, 11) is 0. The lowest BCUT2D eigenvalue weighted by atomic mass is 9.99. The van der Waals surface area contributed by atoms with Crippen molar-refractivity contribution in [3.05, 3.63) is 24.0 Å². The molecule has 0 radical (unpaired) electrons. The minimum Gasteiger partial charge on any atom is -0.388 e. The van der Waals surface area contributed by atoms with Crippen molar-refractivity contribution in [2.45, 2.75) is 37.8 Å². The fraction of sp³-hybridized carbons (Fsp3) is 0.571. The summed E-state index contributed by atoms with van der Waals surface area (Å²) in [5, 5.41) is 3.62. The SMILES string of the molecule is NC(=S)c1ncccc1NC1CCN2CCCCC12. The topological polar surface area (TPSA) is 54.2 Å². The number of aromatic nitrogens is 1. The Morgan fingerprint density at radius 1 is 1.37 bits per heavy atom. The smallest absolute Gasteiger partial charge is 0.124 e. The van der Waals surface area contributed by atoms with Crippen LogP contribution in [0.1, 0.15) is 31.4 Å². The molecule has 0 aromatic carbocycles. The Kier molecular flexibility index (Phi) is 3.66. The van der Waals surface area contributed by atoms with E-state index in [0.29, 0.717) is 22.8 Å².